The highest BCUT2D eigenvalue weighted by molar-refractivity contribution is 5.93. The third kappa shape index (κ3) is 3.06. The molecular formula is C17H12FNO4. The van der Waals surface area contributed by atoms with Crippen LogP contribution in [0.1, 0.15) is 21.8 Å². The van der Waals surface area contributed by atoms with E-state index in [2.05, 4.69) is 4.98 Å². The third-order valence-corrected chi connectivity index (χ3v) is 3.34. The fourth-order valence-electron chi connectivity index (χ4n) is 2.22. The molecule has 5 nitrogen and oxygen atoms in total. The summed E-state index contributed by atoms with van der Waals surface area (Å²) in [6.07, 6.45) is 1.49. The van der Waals surface area contributed by atoms with E-state index < -0.39 is 11.8 Å². The number of furan rings is 1. The van der Waals surface area contributed by atoms with E-state index in [1.807, 2.05) is 0 Å². The minimum Gasteiger partial charge on any atom is -0.506 e. The third-order valence-electron chi connectivity index (χ3n) is 3.34. The van der Waals surface area contributed by atoms with Gasteiger partial charge in [-0.1, -0.05) is 6.07 Å². The van der Waals surface area contributed by atoms with E-state index in [4.69, 9.17) is 9.52 Å². The Morgan fingerprint density at radius 2 is 2.00 bits per heavy atom. The van der Waals surface area contributed by atoms with Crippen LogP contribution in [-0.2, 0) is 6.42 Å². The van der Waals surface area contributed by atoms with Crippen molar-refractivity contribution < 1.29 is 23.8 Å². The Morgan fingerprint density at radius 3 is 2.70 bits per heavy atom. The average molecular weight is 313 g/mol. The normalized spacial score (nSPS) is 10.7. The van der Waals surface area contributed by atoms with Crippen LogP contribution < -0.4 is 0 Å². The molecule has 0 aliphatic rings. The van der Waals surface area contributed by atoms with Crippen molar-refractivity contribution in [1.82, 2.24) is 4.98 Å². The van der Waals surface area contributed by atoms with Crippen LogP contribution in [0, 0.1) is 5.82 Å². The molecule has 0 amide bonds. The molecule has 6 heteroatoms. The number of pyridine rings is 1. The van der Waals surface area contributed by atoms with Gasteiger partial charge in [-0.3, -0.25) is 4.98 Å². The van der Waals surface area contributed by atoms with Crippen molar-refractivity contribution in [3.05, 3.63) is 71.5 Å². The van der Waals surface area contributed by atoms with Gasteiger partial charge in [-0.15, -0.1) is 0 Å². The van der Waals surface area contributed by atoms with Gasteiger partial charge < -0.3 is 14.6 Å². The summed E-state index contributed by atoms with van der Waals surface area (Å²) in [5.41, 5.74) is 0.736. The molecule has 3 rings (SSSR count). The Balaban J connectivity index is 1.89. The zero-order chi connectivity index (χ0) is 16.4. The molecule has 0 atom stereocenters. The van der Waals surface area contributed by atoms with E-state index >= 15 is 0 Å². The number of carbonyl (C=O) groups is 1. The van der Waals surface area contributed by atoms with Crippen LogP contribution in [-0.4, -0.2) is 21.2 Å². The lowest BCUT2D eigenvalue weighted by Gasteiger charge is -2.04. The van der Waals surface area contributed by atoms with Gasteiger partial charge in [0.1, 0.15) is 28.7 Å². The summed E-state index contributed by atoms with van der Waals surface area (Å²) < 4.78 is 18.5. The average Bonchev–Trinajstić information content (AvgIpc) is 2.98. The fraction of sp³-hybridized carbons (Fsp3) is 0.0588. The number of halogens is 1. The number of nitrogens with zero attached hydrogens (tertiary/aromatic N) is 1. The molecule has 0 saturated carbocycles. The number of aromatic nitrogens is 1. The van der Waals surface area contributed by atoms with Crippen LogP contribution in [0.15, 0.2) is 53.1 Å². The molecule has 116 valence electrons. The van der Waals surface area contributed by atoms with E-state index in [1.165, 1.54) is 18.2 Å². The molecule has 3 aromatic rings. The number of para-hydroxylation sites is 1. The van der Waals surface area contributed by atoms with Gasteiger partial charge in [-0.25, -0.2) is 9.18 Å². The van der Waals surface area contributed by atoms with Crippen molar-refractivity contribution in [3.8, 4) is 17.1 Å². The molecule has 0 bridgehead atoms. The van der Waals surface area contributed by atoms with Gasteiger partial charge in [0.05, 0.1) is 11.8 Å². The van der Waals surface area contributed by atoms with Crippen molar-refractivity contribution in [2.45, 2.75) is 6.42 Å². The topological polar surface area (TPSA) is 83.6 Å². The van der Waals surface area contributed by atoms with Crippen molar-refractivity contribution >= 4 is 5.97 Å². The second-order valence-electron chi connectivity index (χ2n) is 4.92. The first kappa shape index (κ1) is 14.8. The highest BCUT2D eigenvalue weighted by atomic mass is 19.1. The van der Waals surface area contributed by atoms with Crippen LogP contribution in [0.25, 0.3) is 11.3 Å². The molecule has 0 saturated heterocycles. The fourth-order valence-corrected chi connectivity index (χ4v) is 2.22. The quantitative estimate of drug-likeness (QED) is 0.770. The highest BCUT2D eigenvalue weighted by Crippen LogP contribution is 2.33. The number of aromatic carboxylic acids is 1. The van der Waals surface area contributed by atoms with Gasteiger partial charge in [0, 0.05) is 12.1 Å². The lowest BCUT2D eigenvalue weighted by Crippen LogP contribution is -1.97. The predicted octanol–water partition coefficient (Wildman–Crippen LogP) is 3.48. The summed E-state index contributed by atoms with van der Waals surface area (Å²) in [5, 5.41) is 19.1. The Labute approximate surface area is 130 Å². The summed E-state index contributed by atoms with van der Waals surface area (Å²) in [7, 11) is 0. The highest BCUT2D eigenvalue weighted by Gasteiger charge is 2.16. The van der Waals surface area contributed by atoms with E-state index in [1.54, 1.807) is 24.3 Å². The van der Waals surface area contributed by atoms with Crippen LogP contribution in [0.2, 0.25) is 0 Å². The smallest absolute Gasteiger partial charge is 0.339 e. The summed E-state index contributed by atoms with van der Waals surface area (Å²) in [5.74, 6) is -1.06. The molecule has 0 spiro atoms. The number of hydrogen-bond acceptors (Lipinski definition) is 4. The number of carboxylic acids is 1. The molecule has 23 heavy (non-hydrogen) atoms. The van der Waals surface area contributed by atoms with Crippen LogP contribution in [0.5, 0.6) is 5.75 Å². The Hall–Kier alpha value is -3.15. The first-order valence-corrected chi connectivity index (χ1v) is 6.79. The number of aromatic hydroxyl groups is 1. The van der Waals surface area contributed by atoms with Crippen LogP contribution in [0.3, 0.4) is 0 Å². The SMILES string of the molecule is O=C(O)c1cccc(-c2ccc(Cc3ccc(F)cn3)o2)c1O. The molecule has 2 aromatic heterocycles. The zero-order valence-electron chi connectivity index (χ0n) is 11.9. The Kier molecular flexibility index (Phi) is 3.80. The number of hydrogen-bond donors (Lipinski definition) is 2. The zero-order valence-corrected chi connectivity index (χ0v) is 11.9. The summed E-state index contributed by atoms with van der Waals surface area (Å²) >= 11 is 0. The molecule has 0 radical (unpaired) electrons. The maximum Gasteiger partial charge on any atom is 0.339 e. The molecule has 0 unspecified atom stereocenters. The van der Waals surface area contributed by atoms with Crippen LogP contribution >= 0.6 is 0 Å². The molecular weight excluding hydrogens is 301 g/mol. The Bertz CT molecular complexity index is 855. The largest absolute Gasteiger partial charge is 0.506 e. The maximum atomic E-state index is 12.8. The molecule has 2 N–H and O–H groups in total. The van der Waals surface area contributed by atoms with Gasteiger partial charge in [-0.2, -0.15) is 0 Å². The monoisotopic (exact) mass is 313 g/mol. The van der Waals surface area contributed by atoms with Crippen molar-refractivity contribution in [2.24, 2.45) is 0 Å². The minimum atomic E-state index is -1.22. The second kappa shape index (κ2) is 5.92. The lowest BCUT2D eigenvalue weighted by molar-refractivity contribution is 0.0694. The summed E-state index contributed by atoms with van der Waals surface area (Å²) in [6, 6.07) is 10.6. The van der Waals surface area contributed by atoms with Gasteiger partial charge in [0.2, 0.25) is 0 Å². The number of phenols is 1. The van der Waals surface area contributed by atoms with Gasteiger partial charge in [0.15, 0.2) is 0 Å². The van der Waals surface area contributed by atoms with Crippen LogP contribution in [0.4, 0.5) is 4.39 Å². The molecule has 0 aliphatic carbocycles. The summed E-state index contributed by atoms with van der Waals surface area (Å²) in [6.45, 7) is 0. The van der Waals surface area contributed by atoms with Crippen molar-refractivity contribution in [3.63, 3.8) is 0 Å². The summed E-state index contributed by atoms with van der Waals surface area (Å²) in [4.78, 5) is 15.0. The first-order chi connectivity index (χ1) is 11.0. The molecule has 0 aliphatic heterocycles. The number of benzene rings is 1. The molecule has 2 heterocycles. The molecule has 0 fully saturated rings. The maximum absolute atomic E-state index is 12.8. The van der Waals surface area contributed by atoms with Gasteiger partial charge in [-0.05, 0) is 36.4 Å². The number of rotatable bonds is 4. The van der Waals surface area contributed by atoms with Crippen molar-refractivity contribution in [2.75, 3.05) is 0 Å². The molecule has 1 aromatic carbocycles. The lowest BCUT2D eigenvalue weighted by atomic mass is 10.1. The first-order valence-electron chi connectivity index (χ1n) is 6.79. The second-order valence-corrected chi connectivity index (χ2v) is 4.92. The van der Waals surface area contributed by atoms with E-state index in [9.17, 15) is 14.3 Å². The van der Waals surface area contributed by atoms with E-state index in [-0.39, 0.29) is 11.3 Å². The van der Waals surface area contributed by atoms with E-state index in [0.717, 1.165) is 6.20 Å². The van der Waals surface area contributed by atoms with Crippen molar-refractivity contribution in [1.29, 1.82) is 0 Å². The number of carboxylic acid groups (broad SMARTS) is 1. The Morgan fingerprint density at radius 1 is 1.17 bits per heavy atom. The van der Waals surface area contributed by atoms with Gasteiger partial charge in [0.25, 0.3) is 0 Å². The predicted molar refractivity (Wildman–Crippen MR) is 79.8 cm³/mol. The standard InChI is InChI=1S/C17H12FNO4/c18-10-4-5-11(19-9-10)8-12-6-7-15(23-12)13-2-1-3-14(16(13)20)17(21)22/h1-7,9,20H,8H2,(H,21,22). The van der Waals surface area contributed by atoms with E-state index in [0.29, 0.717) is 29.2 Å². The minimum absolute atomic E-state index is 0.194. The van der Waals surface area contributed by atoms with Gasteiger partial charge >= 0.3 is 5.97 Å².